The molecule has 0 amide bonds. The van der Waals surface area contributed by atoms with E-state index in [0.717, 1.165) is 24.1 Å². The first-order valence-electron chi connectivity index (χ1n) is 11.9. The zero-order valence-corrected chi connectivity index (χ0v) is 20.2. The third-order valence-corrected chi connectivity index (χ3v) is 5.59. The fraction of sp³-hybridized carbons (Fsp3) is 0.481. The zero-order chi connectivity index (χ0) is 24.6. The molecule has 2 aromatic carbocycles. The Labute approximate surface area is 202 Å². The van der Waals surface area contributed by atoms with Crippen molar-refractivity contribution in [1.82, 2.24) is 0 Å². The van der Waals surface area contributed by atoms with Crippen LogP contribution in [0, 0.1) is 11.3 Å². The monoisotopic (exact) mass is 471 g/mol. The molecule has 0 aliphatic carbocycles. The summed E-state index contributed by atoms with van der Waals surface area (Å²) in [6.45, 7) is 5.98. The van der Waals surface area contributed by atoms with E-state index in [0.29, 0.717) is 58.0 Å². The van der Waals surface area contributed by atoms with E-state index in [2.05, 4.69) is 6.92 Å². The second kappa shape index (κ2) is 15.9. The van der Waals surface area contributed by atoms with Crippen molar-refractivity contribution in [1.29, 1.82) is 5.41 Å². The van der Waals surface area contributed by atoms with Crippen molar-refractivity contribution in [2.45, 2.75) is 45.6 Å². The lowest BCUT2D eigenvalue weighted by Gasteiger charge is -2.21. The van der Waals surface area contributed by atoms with E-state index in [9.17, 15) is 9.90 Å². The van der Waals surface area contributed by atoms with Crippen LogP contribution in [0.15, 0.2) is 48.5 Å². The number of aliphatic hydroxyl groups is 1. The number of hydrogen-bond donors (Lipinski definition) is 2. The predicted octanol–water partition coefficient (Wildman–Crippen LogP) is 4.76. The maximum atomic E-state index is 12.5. The summed E-state index contributed by atoms with van der Waals surface area (Å²) in [7, 11) is 0. The second-order valence-electron chi connectivity index (χ2n) is 7.97. The Kier molecular flexibility index (Phi) is 12.7. The van der Waals surface area contributed by atoms with Crippen LogP contribution in [0.4, 0.5) is 0 Å². The van der Waals surface area contributed by atoms with Crippen LogP contribution < -0.4 is 9.47 Å². The topological polar surface area (TPSA) is 98.1 Å². The highest BCUT2D eigenvalue weighted by atomic mass is 16.5. The van der Waals surface area contributed by atoms with Gasteiger partial charge in [0.15, 0.2) is 6.40 Å². The average Bonchev–Trinajstić information content (AvgIpc) is 2.87. The van der Waals surface area contributed by atoms with Gasteiger partial charge in [-0.25, -0.2) is 0 Å². The molecule has 7 heteroatoms. The van der Waals surface area contributed by atoms with Crippen LogP contribution in [0.3, 0.4) is 0 Å². The number of ether oxygens (including phenoxy) is 4. The van der Waals surface area contributed by atoms with Crippen LogP contribution in [0.5, 0.6) is 11.5 Å². The summed E-state index contributed by atoms with van der Waals surface area (Å²) in [5.41, 5.74) is 2.01. The summed E-state index contributed by atoms with van der Waals surface area (Å²) >= 11 is 0. The van der Waals surface area contributed by atoms with Gasteiger partial charge >= 0.3 is 0 Å². The number of aryl methyl sites for hydroxylation is 1. The van der Waals surface area contributed by atoms with E-state index in [1.54, 1.807) is 0 Å². The number of Topliss-reactive ketones (excluding diaryl/α,β-unsaturated/α-hetero) is 1. The highest BCUT2D eigenvalue weighted by molar-refractivity contribution is 5.78. The standard InChI is InChI=1S/C27H37NO6/c1-3-21-5-9-25(10-6-21)33-14-13-24(29)19-22(4-2)27(30)23-7-11-26(12-8-23)34-18-17-31-15-16-32-20-28/h5-12,20,22,27-28,30H,3-4,13-19H2,1-2H3/t22-,27-/m0/s1. The third kappa shape index (κ3) is 9.93. The van der Waals surface area contributed by atoms with Crippen molar-refractivity contribution < 1.29 is 28.8 Å². The average molecular weight is 472 g/mol. The van der Waals surface area contributed by atoms with E-state index in [4.69, 9.17) is 24.4 Å². The van der Waals surface area contributed by atoms with Gasteiger partial charge in [0.2, 0.25) is 0 Å². The summed E-state index contributed by atoms with van der Waals surface area (Å²) in [4.78, 5) is 12.5. The molecule has 0 radical (unpaired) electrons. The van der Waals surface area contributed by atoms with E-state index < -0.39 is 6.10 Å². The summed E-state index contributed by atoms with van der Waals surface area (Å²) in [6.07, 6.45) is 2.48. The first kappa shape index (κ1) is 27.3. The smallest absolute Gasteiger partial charge is 0.166 e. The number of ketones is 1. The van der Waals surface area contributed by atoms with E-state index >= 15 is 0 Å². The molecule has 0 aromatic heterocycles. The molecule has 0 unspecified atom stereocenters. The van der Waals surface area contributed by atoms with E-state index in [-0.39, 0.29) is 11.7 Å². The molecule has 0 spiro atoms. The molecule has 186 valence electrons. The van der Waals surface area contributed by atoms with Crippen LogP contribution in [0.2, 0.25) is 0 Å². The van der Waals surface area contributed by atoms with Crippen molar-refractivity contribution in [2.75, 3.05) is 33.0 Å². The van der Waals surface area contributed by atoms with Gasteiger partial charge in [0, 0.05) is 12.8 Å². The van der Waals surface area contributed by atoms with Gasteiger partial charge in [0.1, 0.15) is 30.5 Å². The lowest BCUT2D eigenvalue weighted by Crippen LogP contribution is -2.18. The number of nitrogens with one attached hydrogen (secondary N) is 1. The number of aliphatic hydroxyl groups excluding tert-OH is 1. The fourth-order valence-corrected chi connectivity index (χ4v) is 3.50. The molecule has 7 nitrogen and oxygen atoms in total. The lowest BCUT2D eigenvalue weighted by molar-refractivity contribution is -0.121. The summed E-state index contributed by atoms with van der Waals surface area (Å²) in [5, 5.41) is 17.6. The molecule has 0 saturated heterocycles. The summed E-state index contributed by atoms with van der Waals surface area (Å²) in [6, 6.07) is 15.2. The van der Waals surface area contributed by atoms with Crippen LogP contribution in [-0.4, -0.2) is 50.3 Å². The molecular weight excluding hydrogens is 434 g/mol. The quantitative estimate of drug-likeness (QED) is 0.185. The molecule has 34 heavy (non-hydrogen) atoms. The van der Waals surface area contributed by atoms with Crippen molar-refractivity contribution >= 4 is 12.2 Å². The SMILES string of the molecule is CCc1ccc(OCCC(=O)C[C@H](CC)[C@H](O)c2ccc(OCCOCCOC=N)cc2)cc1. The van der Waals surface area contributed by atoms with Crippen molar-refractivity contribution in [3.63, 3.8) is 0 Å². The second-order valence-corrected chi connectivity index (χ2v) is 7.97. The van der Waals surface area contributed by atoms with Gasteiger partial charge in [-0.05, 0) is 47.7 Å². The van der Waals surface area contributed by atoms with Gasteiger partial charge < -0.3 is 24.1 Å². The Morgan fingerprint density at radius 3 is 2.15 bits per heavy atom. The number of carbonyl (C=O) groups excluding carboxylic acids is 1. The molecule has 0 heterocycles. The largest absolute Gasteiger partial charge is 0.493 e. The molecule has 0 fully saturated rings. The maximum absolute atomic E-state index is 12.5. The van der Waals surface area contributed by atoms with Gasteiger partial charge in [0.25, 0.3) is 0 Å². The molecular formula is C27H37NO6. The Morgan fingerprint density at radius 2 is 1.53 bits per heavy atom. The van der Waals surface area contributed by atoms with Gasteiger partial charge in [-0.1, -0.05) is 44.5 Å². The fourth-order valence-electron chi connectivity index (χ4n) is 3.50. The highest BCUT2D eigenvalue weighted by Gasteiger charge is 2.22. The van der Waals surface area contributed by atoms with Crippen molar-refractivity contribution in [3.05, 3.63) is 59.7 Å². The van der Waals surface area contributed by atoms with E-state index in [1.807, 2.05) is 55.5 Å². The first-order chi connectivity index (χ1) is 16.6. The third-order valence-electron chi connectivity index (χ3n) is 5.59. The Bertz CT molecular complexity index is 837. The molecule has 0 aliphatic heterocycles. The molecule has 0 saturated carbocycles. The lowest BCUT2D eigenvalue weighted by atomic mass is 9.88. The number of benzene rings is 2. The maximum Gasteiger partial charge on any atom is 0.166 e. The number of rotatable bonds is 18. The molecule has 0 aliphatic rings. The summed E-state index contributed by atoms with van der Waals surface area (Å²) in [5.74, 6) is 1.38. The normalized spacial score (nSPS) is 12.6. The zero-order valence-electron chi connectivity index (χ0n) is 20.2. The molecule has 2 rings (SSSR count). The van der Waals surface area contributed by atoms with Crippen LogP contribution in [-0.2, 0) is 20.7 Å². The van der Waals surface area contributed by atoms with Crippen molar-refractivity contribution in [2.24, 2.45) is 5.92 Å². The predicted molar refractivity (Wildman–Crippen MR) is 132 cm³/mol. The van der Waals surface area contributed by atoms with Gasteiger partial charge in [0.05, 0.1) is 25.9 Å². The minimum absolute atomic E-state index is 0.0852. The molecule has 2 aromatic rings. The minimum Gasteiger partial charge on any atom is -0.493 e. The Hall–Kier alpha value is -2.90. The Morgan fingerprint density at radius 1 is 0.912 bits per heavy atom. The number of carbonyl (C=O) groups is 1. The van der Waals surface area contributed by atoms with E-state index in [1.165, 1.54) is 5.56 Å². The molecule has 2 atom stereocenters. The highest BCUT2D eigenvalue weighted by Crippen LogP contribution is 2.29. The van der Waals surface area contributed by atoms with Gasteiger partial charge in [-0.3, -0.25) is 10.2 Å². The Balaban J connectivity index is 1.72. The van der Waals surface area contributed by atoms with Gasteiger partial charge in [-0.15, -0.1) is 0 Å². The molecule has 0 bridgehead atoms. The van der Waals surface area contributed by atoms with Crippen molar-refractivity contribution in [3.8, 4) is 11.5 Å². The minimum atomic E-state index is -0.720. The van der Waals surface area contributed by atoms with Crippen LogP contribution in [0.1, 0.15) is 50.3 Å². The molecule has 2 N–H and O–H groups in total. The summed E-state index contributed by atoms with van der Waals surface area (Å²) < 4.78 is 21.4. The first-order valence-corrected chi connectivity index (χ1v) is 11.9. The number of hydrogen-bond acceptors (Lipinski definition) is 7. The van der Waals surface area contributed by atoms with Crippen LogP contribution >= 0.6 is 0 Å². The van der Waals surface area contributed by atoms with Gasteiger partial charge in [-0.2, -0.15) is 0 Å². The van der Waals surface area contributed by atoms with Crippen LogP contribution in [0.25, 0.3) is 0 Å².